The summed E-state index contributed by atoms with van der Waals surface area (Å²) in [6, 6.07) is 14.3. The summed E-state index contributed by atoms with van der Waals surface area (Å²) in [5, 5.41) is 52.7. The number of allylic oxidation sites excluding steroid dienone is 4. The van der Waals surface area contributed by atoms with Crippen LogP contribution in [0.25, 0.3) is 5.57 Å². The molecule has 3 fully saturated rings. The lowest BCUT2D eigenvalue weighted by atomic mass is 9.83. The van der Waals surface area contributed by atoms with Crippen molar-refractivity contribution in [2.24, 2.45) is 29.0 Å². The highest BCUT2D eigenvalue weighted by molar-refractivity contribution is 8.77. The number of hydrogen-bond acceptors (Lipinski definition) is 26. The predicted octanol–water partition coefficient (Wildman–Crippen LogP) is 5.49. The SMILES string of the molecule is COc1cc2cc(c1Cl)N(C)C(=O)C[C@H](OC(=O)[C@H](C)N(C)C(=O)CCSSC(C)(C)[C@H](NC(=O)[C@@H]1CSSC[C@H](NC(=O)[C@H](N)Cc3ccccc3)C(=O)C[C@@H](Cc3ccc(O)cc3)C(=O)N[C@H](CC3=CCc4ccccc43)C(=O)N[C@@H](CCCCN)C(=O)N[C@@H]([C@@H](C)O)C(=O)N1)C(N)=O)[C@]1(C)O[C@H]1[C@H](C)[C@@H]1C[C@@](O)(NC(=O)O1)[C@H](OC)/C=C/C=C(\C)C2. The van der Waals surface area contributed by atoms with E-state index in [2.05, 4.69) is 37.2 Å². The molecule has 0 unspecified atom stereocenters. The number of phenolic OH excluding ortho intramolecular Hbond substituents is 1. The van der Waals surface area contributed by atoms with E-state index < -0.39 is 191 Å². The Morgan fingerprint density at radius 1 is 0.871 bits per heavy atom. The number of alkyl carbamates (subject to hydrolysis) is 1. The first-order valence-electron chi connectivity index (χ1n) is 41.1. The fourth-order valence-electron chi connectivity index (χ4n) is 15.2. The van der Waals surface area contributed by atoms with E-state index in [0.717, 1.165) is 65.4 Å². The molecule has 17 atom stereocenters. The van der Waals surface area contributed by atoms with Crippen molar-refractivity contribution in [2.75, 3.05) is 57.0 Å². The van der Waals surface area contributed by atoms with E-state index in [-0.39, 0.29) is 91.0 Å². The third-order valence-electron chi connectivity index (χ3n) is 22.9. The molecular formula is C87H115ClN12O20S4. The molecule has 16 N–H and O–H groups in total. The Morgan fingerprint density at radius 3 is 2.24 bits per heavy atom. The van der Waals surface area contributed by atoms with Crippen molar-refractivity contribution in [1.29, 1.82) is 0 Å². The van der Waals surface area contributed by atoms with Crippen molar-refractivity contribution in [2.45, 2.75) is 220 Å². The number of benzene rings is 4. The van der Waals surface area contributed by atoms with Crippen LogP contribution in [0, 0.1) is 11.8 Å². The highest BCUT2D eigenvalue weighted by Gasteiger charge is 2.65. The van der Waals surface area contributed by atoms with Crippen LogP contribution in [0.4, 0.5) is 10.5 Å². The van der Waals surface area contributed by atoms with Gasteiger partial charge in [0.1, 0.15) is 76.7 Å². The van der Waals surface area contributed by atoms with Crippen LogP contribution >= 0.6 is 54.8 Å². The van der Waals surface area contributed by atoms with Crippen LogP contribution < -0.4 is 64.1 Å². The number of methoxy groups -OCH3 is 2. The van der Waals surface area contributed by atoms with E-state index in [4.69, 9.17) is 52.5 Å². The molecule has 4 aliphatic heterocycles. The third kappa shape index (κ3) is 26.2. The molecule has 9 rings (SSSR count). The van der Waals surface area contributed by atoms with Gasteiger partial charge in [-0.15, -0.1) is 0 Å². The average molecular weight is 1810 g/mol. The summed E-state index contributed by atoms with van der Waals surface area (Å²) in [6.45, 7) is 11.3. The number of nitrogens with one attached hydrogen (secondary N) is 7. The number of primary amides is 1. The van der Waals surface area contributed by atoms with Gasteiger partial charge in [-0.25, -0.2) is 9.59 Å². The van der Waals surface area contributed by atoms with Crippen LogP contribution in [0.5, 0.6) is 11.5 Å². The lowest BCUT2D eigenvalue weighted by Crippen LogP contribution is -2.63. The smallest absolute Gasteiger partial charge is 0.409 e. The minimum absolute atomic E-state index is 0.0454. The zero-order valence-electron chi connectivity index (χ0n) is 71.4. The van der Waals surface area contributed by atoms with Crippen LogP contribution in [0.15, 0.2) is 121 Å². The number of anilines is 1. The molecule has 0 aromatic heterocycles. The van der Waals surface area contributed by atoms with Gasteiger partial charge in [-0.3, -0.25) is 53.3 Å². The summed E-state index contributed by atoms with van der Waals surface area (Å²) in [7, 11) is 9.86. The number of Topliss-reactive ketones (excluding diaryl/α,β-unsaturated/α-hetero) is 1. The number of amides is 10. The normalized spacial score (nSPS) is 26.8. The Balaban J connectivity index is 0.929. The van der Waals surface area contributed by atoms with Gasteiger partial charge in [0.2, 0.25) is 53.2 Å². The summed E-state index contributed by atoms with van der Waals surface area (Å²) >= 11 is 6.91. The van der Waals surface area contributed by atoms with Crippen molar-refractivity contribution < 1.29 is 96.5 Å². The second kappa shape index (κ2) is 44.8. The molecule has 124 heavy (non-hydrogen) atoms. The number of esters is 1. The van der Waals surface area contributed by atoms with Crippen LogP contribution in [0.3, 0.4) is 0 Å². The Bertz CT molecular complexity index is 4630. The van der Waals surface area contributed by atoms with E-state index >= 15 is 19.2 Å². The van der Waals surface area contributed by atoms with Crippen LogP contribution in [-0.2, 0) is 97.4 Å². The second-order valence-electron chi connectivity index (χ2n) is 32.7. The number of halogens is 1. The van der Waals surface area contributed by atoms with E-state index in [0.29, 0.717) is 36.0 Å². The number of rotatable bonds is 27. The summed E-state index contributed by atoms with van der Waals surface area (Å²) in [5.41, 5.74) is 20.8. The minimum atomic E-state index is -1.96. The summed E-state index contributed by atoms with van der Waals surface area (Å²) < 4.78 is 28.4. The number of nitrogens with zero attached hydrogens (tertiary/aromatic N) is 2. The number of aromatic hydroxyl groups is 1. The lowest BCUT2D eigenvalue weighted by molar-refractivity contribution is -0.162. The number of unbranched alkanes of at least 4 members (excludes halogenated alkanes) is 1. The van der Waals surface area contributed by atoms with E-state index in [1.807, 2.05) is 43.3 Å². The van der Waals surface area contributed by atoms with Crippen molar-refractivity contribution in [3.05, 3.63) is 154 Å². The number of likely N-dealkylation sites (N-methyl/N-ethyl adjacent to an activating group) is 1. The minimum Gasteiger partial charge on any atom is -0.508 e. The van der Waals surface area contributed by atoms with Crippen LogP contribution in [-0.4, -0.2) is 238 Å². The Labute approximate surface area is 742 Å². The molecule has 4 bridgehead atoms. The molecule has 1 aliphatic carbocycles. The molecule has 4 heterocycles. The number of carbonyl (C=O) groups is 12. The number of aliphatic hydroxyl groups is 2. The Hall–Kier alpha value is -9.21. The number of ether oxygens (including phenoxy) is 5. The molecule has 4 aromatic rings. The first-order chi connectivity index (χ1) is 58.8. The van der Waals surface area contributed by atoms with Crippen molar-refractivity contribution in [1.82, 2.24) is 42.1 Å². The lowest BCUT2D eigenvalue weighted by Gasteiger charge is -2.42. The first kappa shape index (κ1) is 98.6. The quantitative estimate of drug-likeness (QED) is 0.0152. The third-order valence-corrected chi connectivity index (χ3v) is 29.0. The Morgan fingerprint density at radius 2 is 1.56 bits per heavy atom. The monoisotopic (exact) mass is 1810 g/mol. The van der Waals surface area contributed by atoms with Gasteiger partial charge in [-0.05, 0) is 151 Å². The van der Waals surface area contributed by atoms with Gasteiger partial charge in [0.25, 0.3) is 0 Å². The molecule has 5 aliphatic rings. The number of epoxide rings is 1. The number of carbonyl (C=O) groups excluding carboxylic acids is 12. The summed E-state index contributed by atoms with van der Waals surface area (Å²) in [5.74, 6) is -11.2. The van der Waals surface area contributed by atoms with E-state index in [1.54, 1.807) is 94.4 Å². The van der Waals surface area contributed by atoms with Gasteiger partial charge in [0.05, 0.1) is 43.5 Å². The number of phenols is 1. The van der Waals surface area contributed by atoms with E-state index in [9.17, 15) is 53.7 Å². The van der Waals surface area contributed by atoms with Crippen molar-refractivity contribution in [3.8, 4) is 11.5 Å². The number of hydrogen-bond donors (Lipinski definition) is 13. The second-order valence-corrected chi connectivity index (χ2v) is 38.7. The maximum absolute atomic E-state index is 15.2. The highest BCUT2D eigenvalue weighted by Crippen LogP contribution is 2.50. The summed E-state index contributed by atoms with van der Waals surface area (Å²) in [6.07, 6.45) is 0.266. The zero-order chi connectivity index (χ0) is 90.7. The van der Waals surface area contributed by atoms with E-state index in [1.165, 1.54) is 64.1 Å². The fourth-order valence-corrected chi connectivity index (χ4v) is 20.5. The molecular weight excluding hydrogens is 1700 g/mol. The van der Waals surface area contributed by atoms with Gasteiger partial charge in [0, 0.05) is 80.7 Å². The number of fused-ring (bicyclic) bond motifs is 6. The molecule has 37 heteroatoms. The maximum Gasteiger partial charge on any atom is 0.409 e. The molecule has 0 radical (unpaired) electrons. The van der Waals surface area contributed by atoms with Gasteiger partial charge in [-0.2, -0.15) is 0 Å². The van der Waals surface area contributed by atoms with Gasteiger partial charge in [-0.1, -0.05) is 158 Å². The Kier molecular flexibility index (Phi) is 35.6. The largest absolute Gasteiger partial charge is 0.508 e. The van der Waals surface area contributed by atoms with Gasteiger partial charge < -0.3 is 97.9 Å². The summed E-state index contributed by atoms with van der Waals surface area (Å²) in [4.78, 5) is 177. The highest BCUT2D eigenvalue weighted by atomic mass is 35.5. The first-order valence-corrected chi connectivity index (χ1v) is 46.2. The maximum atomic E-state index is 15.2. The fraction of sp³-hybridized carbons (Fsp3) is 0.517. The van der Waals surface area contributed by atoms with Gasteiger partial charge >= 0.3 is 12.1 Å². The van der Waals surface area contributed by atoms with Crippen molar-refractivity contribution >= 4 is 137 Å². The van der Waals surface area contributed by atoms with Crippen LogP contribution in [0.1, 0.15) is 128 Å². The number of aliphatic hydroxyl groups excluding tert-OH is 1. The molecule has 0 saturated carbocycles. The number of nitrogens with two attached hydrogens (primary N) is 3. The predicted molar refractivity (Wildman–Crippen MR) is 476 cm³/mol. The topological polar surface area (TPSA) is 484 Å². The molecule has 4 aromatic carbocycles. The molecule has 0 spiro atoms. The molecule has 674 valence electrons. The molecule has 10 amide bonds. The van der Waals surface area contributed by atoms with Crippen molar-refractivity contribution in [3.63, 3.8) is 0 Å². The zero-order valence-corrected chi connectivity index (χ0v) is 75.4. The van der Waals surface area contributed by atoms with Gasteiger partial charge in [0.15, 0.2) is 11.5 Å². The molecule has 3 saturated heterocycles. The van der Waals surface area contributed by atoms with Crippen LogP contribution in [0.2, 0.25) is 5.02 Å². The molecule has 32 nitrogen and oxygen atoms in total. The standard InChI is InChI=1S/C87H115ClN12O20S4/c1-47-20-19-26-68(117-11)87(115)44-67(118-84(114)98-87)48(2)75-86(7,120-75)69(43-71(105)100(9)64-39-53(36-47)40-66(116-10)72(64)88)119-83(113)49(3)99(8)70(104)33-35-121-124-85(5,6)74(76(91)106)97-81(111)63-46-123-122-45-62(94-78(108)59(90)38-51-21-13-12-14-22-51)65(103)42-56(37-52-27-31-57(102)32-28-52)77(107)93-61(41-55-30-29-54-23-15-16-24-58(54)55)80(110)92-60(25-17-18-34-89)79(109)96-73(50(4)101)82(112)95-63/h12-16,19-24,26-28,30-32,39-40,48-50,56,59-63,67-69,73-75,101-102,115H,17-18,25,29,33-38,41-46,89-90H2,1-11H3,(H2,91,106)(H,92,110)(H,93,107)(H,94,108)(H,95,112)(H,96,109)(H,97,111)(H,98,114)/b26-19+,47-20+/t48-,49+,50-,56-,59-,60+,61-,62+,63+,67+,68-,69+,73+,74-,75+,86+,87+/m1/s1. The average Bonchev–Trinajstić information content (AvgIpc) is 1.57. The number of ketones is 1.